The second kappa shape index (κ2) is 9.38. The predicted molar refractivity (Wildman–Crippen MR) is 89.5 cm³/mol. The zero-order chi connectivity index (χ0) is 15.0. The molecule has 3 heteroatoms. The molecule has 1 atom stereocenters. The molecule has 1 unspecified atom stereocenters. The molecule has 1 rings (SSSR count). The summed E-state index contributed by atoms with van der Waals surface area (Å²) in [4.78, 5) is 2.48. The van der Waals surface area contributed by atoms with Crippen LogP contribution in [0.15, 0.2) is 18.2 Å². The smallest absolute Gasteiger partial charge is 0.0453 e. The lowest BCUT2D eigenvalue weighted by Crippen LogP contribution is -2.28. The molecule has 0 radical (unpaired) electrons. The Kier molecular flexibility index (Phi) is 8.20. The molecular formula is C17H29ClN2. The van der Waals surface area contributed by atoms with Gasteiger partial charge in [-0.25, -0.2) is 0 Å². The highest BCUT2D eigenvalue weighted by atomic mass is 35.5. The van der Waals surface area contributed by atoms with Crippen LogP contribution in [0.5, 0.6) is 0 Å². The second-order valence-electron chi connectivity index (χ2n) is 5.55. The zero-order valence-electron chi connectivity index (χ0n) is 13.4. The molecule has 20 heavy (non-hydrogen) atoms. The molecule has 0 saturated carbocycles. The predicted octanol–water partition coefficient (Wildman–Crippen LogP) is 4.25. The summed E-state index contributed by atoms with van der Waals surface area (Å²) in [7, 11) is 0. The number of nitrogens with zero attached hydrogens (tertiary/aromatic N) is 1. The SMILES string of the molecule is CCN(CC)CCCC(C)NCc1ccc(C)cc1Cl. The van der Waals surface area contributed by atoms with Gasteiger partial charge in [-0.2, -0.15) is 0 Å². The van der Waals surface area contributed by atoms with Gasteiger partial charge in [-0.15, -0.1) is 0 Å². The van der Waals surface area contributed by atoms with Crippen molar-refractivity contribution >= 4 is 11.6 Å². The van der Waals surface area contributed by atoms with E-state index >= 15 is 0 Å². The summed E-state index contributed by atoms with van der Waals surface area (Å²) < 4.78 is 0. The molecule has 0 saturated heterocycles. The average molecular weight is 297 g/mol. The summed E-state index contributed by atoms with van der Waals surface area (Å²) in [6.07, 6.45) is 2.46. The minimum Gasteiger partial charge on any atom is -0.310 e. The summed E-state index contributed by atoms with van der Waals surface area (Å²) in [6.45, 7) is 13.1. The standard InChI is InChI=1S/C17H29ClN2/c1-5-20(6-2)11-7-8-15(4)19-13-16-10-9-14(3)12-17(16)18/h9-10,12,15,19H,5-8,11,13H2,1-4H3. The van der Waals surface area contributed by atoms with E-state index in [9.17, 15) is 0 Å². The third-order valence-corrected chi connectivity index (χ3v) is 4.21. The highest BCUT2D eigenvalue weighted by Crippen LogP contribution is 2.17. The Morgan fingerprint density at radius 1 is 1.25 bits per heavy atom. The van der Waals surface area contributed by atoms with Crippen molar-refractivity contribution in [2.45, 2.75) is 53.1 Å². The summed E-state index contributed by atoms with van der Waals surface area (Å²) in [5, 5.41) is 4.43. The van der Waals surface area contributed by atoms with Gasteiger partial charge in [0.15, 0.2) is 0 Å². The van der Waals surface area contributed by atoms with E-state index in [1.54, 1.807) is 0 Å². The van der Waals surface area contributed by atoms with Crippen LogP contribution >= 0.6 is 11.6 Å². The summed E-state index contributed by atoms with van der Waals surface area (Å²) in [5.74, 6) is 0. The second-order valence-corrected chi connectivity index (χ2v) is 5.95. The molecule has 1 aromatic rings. The van der Waals surface area contributed by atoms with Crippen LogP contribution < -0.4 is 5.32 Å². The Bertz CT molecular complexity index is 389. The molecule has 0 aliphatic carbocycles. The van der Waals surface area contributed by atoms with Gasteiger partial charge >= 0.3 is 0 Å². The van der Waals surface area contributed by atoms with Gasteiger partial charge in [0.25, 0.3) is 0 Å². The summed E-state index contributed by atoms with van der Waals surface area (Å²) >= 11 is 6.25. The lowest BCUT2D eigenvalue weighted by Gasteiger charge is -2.20. The highest BCUT2D eigenvalue weighted by molar-refractivity contribution is 6.31. The number of halogens is 1. The van der Waals surface area contributed by atoms with Crippen molar-refractivity contribution in [2.75, 3.05) is 19.6 Å². The first-order chi connectivity index (χ1) is 9.56. The molecule has 0 bridgehead atoms. The number of hydrogen-bond donors (Lipinski definition) is 1. The van der Waals surface area contributed by atoms with Gasteiger partial charge in [0, 0.05) is 17.6 Å². The Labute approximate surface area is 129 Å². The van der Waals surface area contributed by atoms with Crippen LogP contribution in [0.25, 0.3) is 0 Å². The number of hydrogen-bond acceptors (Lipinski definition) is 2. The fraction of sp³-hybridized carbons (Fsp3) is 0.647. The van der Waals surface area contributed by atoms with E-state index in [-0.39, 0.29) is 0 Å². The maximum absolute atomic E-state index is 6.25. The third-order valence-electron chi connectivity index (χ3n) is 3.86. The van der Waals surface area contributed by atoms with Gasteiger partial charge in [0.2, 0.25) is 0 Å². The van der Waals surface area contributed by atoms with Gasteiger partial charge < -0.3 is 10.2 Å². The van der Waals surface area contributed by atoms with E-state index in [0.29, 0.717) is 6.04 Å². The van der Waals surface area contributed by atoms with Crippen molar-refractivity contribution in [3.05, 3.63) is 34.3 Å². The summed E-state index contributed by atoms with van der Waals surface area (Å²) in [6, 6.07) is 6.80. The minimum atomic E-state index is 0.530. The summed E-state index contributed by atoms with van der Waals surface area (Å²) in [5.41, 5.74) is 2.40. The van der Waals surface area contributed by atoms with Crippen molar-refractivity contribution < 1.29 is 0 Å². The molecule has 0 amide bonds. The lowest BCUT2D eigenvalue weighted by atomic mass is 10.1. The van der Waals surface area contributed by atoms with E-state index in [1.807, 2.05) is 6.07 Å². The Morgan fingerprint density at radius 2 is 1.95 bits per heavy atom. The lowest BCUT2D eigenvalue weighted by molar-refractivity contribution is 0.290. The van der Waals surface area contributed by atoms with E-state index in [2.05, 4.69) is 50.0 Å². The van der Waals surface area contributed by atoms with Crippen LogP contribution in [0.1, 0.15) is 44.7 Å². The third kappa shape index (κ3) is 6.25. The first-order valence-corrected chi connectivity index (χ1v) is 8.15. The molecule has 114 valence electrons. The van der Waals surface area contributed by atoms with E-state index in [0.717, 1.165) is 24.7 Å². The van der Waals surface area contributed by atoms with Gasteiger partial charge in [-0.3, -0.25) is 0 Å². The maximum atomic E-state index is 6.25. The van der Waals surface area contributed by atoms with Crippen LogP contribution in [0.4, 0.5) is 0 Å². The quantitative estimate of drug-likeness (QED) is 0.733. The van der Waals surface area contributed by atoms with Crippen molar-refractivity contribution in [1.82, 2.24) is 10.2 Å². The van der Waals surface area contributed by atoms with Gasteiger partial charge in [-0.1, -0.05) is 37.6 Å². The van der Waals surface area contributed by atoms with Crippen molar-refractivity contribution in [1.29, 1.82) is 0 Å². The Balaban J connectivity index is 2.27. The number of nitrogens with one attached hydrogen (secondary N) is 1. The topological polar surface area (TPSA) is 15.3 Å². The normalized spacial score (nSPS) is 12.9. The molecule has 2 nitrogen and oxygen atoms in total. The van der Waals surface area contributed by atoms with Crippen LogP contribution in [-0.2, 0) is 6.54 Å². The largest absolute Gasteiger partial charge is 0.310 e. The van der Waals surface area contributed by atoms with Crippen molar-refractivity contribution in [3.63, 3.8) is 0 Å². The molecule has 1 N–H and O–H groups in total. The molecule has 1 aromatic carbocycles. The fourth-order valence-electron chi connectivity index (χ4n) is 2.34. The van der Waals surface area contributed by atoms with E-state index in [1.165, 1.54) is 30.5 Å². The molecule has 0 fully saturated rings. The average Bonchev–Trinajstić information content (AvgIpc) is 2.42. The van der Waals surface area contributed by atoms with Crippen LogP contribution in [0.2, 0.25) is 5.02 Å². The van der Waals surface area contributed by atoms with Crippen LogP contribution in [-0.4, -0.2) is 30.6 Å². The zero-order valence-corrected chi connectivity index (χ0v) is 14.1. The van der Waals surface area contributed by atoms with Crippen molar-refractivity contribution in [2.24, 2.45) is 0 Å². The van der Waals surface area contributed by atoms with Gasteiger partial charge in [0.1, 0.15) is 0 Å². The minimum absolute atomic E-state index is 0.530. The van der Waals surface area contributed by atoms with Crippen LogP contribution in [0, 0.1) is 6.92 Å². The van der Waals surface area contributed by atoms with Gasteiger partial charge in [-0.05, 0) is 63.5 Å². The van der Waals surface area contributed by atoms with E-state index in [4.69, 9.17) is 11.6 Å². The number of rotatable bonds is 9. The fourth-order valence-corrected chi connectivity index (χ4v) is 2.64. The monoisotopic (exact) mass is 296 g/mol. The first kappa shape index (κ1) is 17.5. The maximum Gasteiger partial charge on any atom is 0.0453 e. The molecular weight excluding hydrogens is 268 g/mol. The number of aryl methyl sites for hydroxylation is 1. The highest BCUT2D eigenvalue weighted by Gasteiger charge is 2.05. The molecule has 0 aliphatic rings. The Morgan fingerprint density at radius 3 is 2.55 bits per heavy atom. The van der Waals surface area contributed by atoms with E-state index < -0.39 is 0 Å². The van der Waals surface area contributed by atoms with Crippen molar-refractivity contribution in [3.8, 4) is 0 Å². The van der Waals surface area contributed by atoms with Gasteiger partial charge in [0.05, 0.1) is 0 Å². The number of benzene rings is 1. The molecule has 0 heterocycles. The Hall–Kier alpha value is -0.570. The van der Waals surface area contributed by atoms with Crippen LogP contribution in [0.3, 0.4) is 0 Å². The molecule has 0 aromatic heterocycles. The first-order valence-electron chi connectivity index (χ1n) is 7.77. The molecule has 0 spiro atoms. The molecule has 0 aliphatic heterocycles.